The van der Waals surface area contributed by atoms with Crippen LogP contribution >= 0.6 is 0 Å². The van der Waals surface area contributed by atoms with Crippen LogP contribution in [-0.4, -0.2) is 114 Å². The van der Waals surface area contributed by atoms with E-state index in [-0.39, 0.29) is 19.1 Å². The molecule has 174 valence electrons. The minimum absolute atomic E-state index is 0.0636. The number of guanidine groups is 1. The van der Waals surface area contributed by atoms with Crippen LogP contribution in [0.15, 0.2) is 35.3 Å². The van der Waals surface area contributed by atoms with Gasteiger partial charge in [0, 0.05) is 20.6 Å². The molecule has 0 aromatic heterocycles. The molecule has 1 fully saturated rings. The van der Waals surface area contributed by atoms with Gasteiger partial charge >= 0.3 is 12.0 Å². The fourth-order valence-corrected chi connectivity index (χ4v) is 3.79. The maximum Gasteiger partial charge on any atom is 0.390 e. The van der Waals surface area contributed by atoms with Crippen molar-refractivity contribution in [3.8, 4) is 5.75 Å². The molecule has 2 heterocycles. The molecular weight excluding hydrogens is 412 g/mol. The number of likely N-dealkylation sites (N-methyl/N-ethyl adjacent to an activating group) is 3. The normalized spacial score (nSPS) is 19.4. The number of imide groups is 1. The van der Waals surface area contributed by atoms with Crippen molar-refractivity contribution in [2.75, 3.05) is 53.4 Å². The SMILES string of the molecule is CCN(CC)CCNC1=[N+](CC(O)COc2ccccc2)C2C(=O)N(C)C(=O)N(C)C2=N1. The Morgan fingerprint density at radius 3 is 2.53 bits per heavy atom. The Bertz CT molecular complexity index is 884. The summed E-state index contributed by atoms with van der Waals surface area (Å²) in [5.74, 6) is 1.12. The number of fused-ring (bicyclic) bond motifs is 1. The van der Waals surface area contributed by atoms with Crippen molar-refractivity contribution in [3.05, 3.63) is 30.3 Å². The number of nitrogens with one attached hydrogen (secondary N) is 1. The predicted molar refractivity (Wildman–Crippen MR) is 121 cm³/mol. The van der Waals surface area contributed by atoms with Gasteiger partial charge < -0.3 is 14.7 Å². The molecule has 32 heavy (non-hydrogen) atoms. The lowest BCUT2D eigenvalue weighted by Crippen LogP contribution is -2.62. The number of para-hydroxylation sites is 1. The standard InChI is InChI=1S/C22H32N6O4/c1-5-27(6-2)13-12-23-21-24-19-18(20(30)26(4)22(31)25(19)3)28(21)14-16(29)15-32-17-10-8-7-9-11-17/h7-11,16,18,29H,5-6,12-15H2,1-4H3/p+1. The number of β-amino-alcohol motifs (C(OH)–C–C–N with tert-alkyl or cyclic N) is 1. The Labute approximate surface area is 188 Å². The van der Waals surface area contributed by atoms with Gasteiger partial charge in [0.15, 0.2) is 0 Å². The number of carbonyl (C=O) groups excluding carboxylic acids is 2. The quantitative estimate of drug-likeness (QED) is 0.493. The van der Waals surface area contributed by atoms with E-state index >= 15 is 0 Å². The molecule has 2 unspecified atom stereocenters. The molecule has 1 saturated heterocycles. The first-order valence-electron chi connectivity index (χ1n) is 11.0. The zero-order valence-corrected chi connectivity index (χ0v) is 19.2. The van der Waals surface area contributed by atoms with Gasteiger partial charge in [0.2, 0.25) is 11.9 Å². The van der Waals surface area contributed by atoms with Crippen molar-refractivity contribution in [2.45, 2.75) is 26.0 Å². The van der Waals surface area contributed by atoms with E-state index in [1.165, 1.54) is 11.9 Å². The van der Waals surface area contributed by atoms with Gasteiger partial charge in [-0.1, -0.05) is 37.0 Å². The van der Waals surface area contributed by atoms with Crippen LogP contribution in [0.1, 0.15) is 13.8 Å². The van der Waals surface area contributed by atoms with Crippen molar-refractivity contribution >= 4 is 23.7 Å². The number of ether oxygens (including phenoxy) is 1. The molecule has 10 heteroatoms. The van der Waals surface area contributed by atoms with E-state index in [2.05, 4.69) is 29.1 Å². The van der Waals surface area contributed by atoms with E-state index in [0.717, 1.165) is 24.5 Å². The Morgan fingerprint density at radius 1 is 1.19 bits per heavy atom. The lowest BCUT2D eigenvalue weighted by Gasteiger charge is -2.32. The van der Waals surface area contributed by atoms with Crippen molar-refractivity contribution in [2.24, 2.45) is 4.99 Å². The highest BCUT2D eigenvalue weighted by molar-refractivity contribution is 6.22. The van der Waals surface area contributed by atoms with E-state index in [9.17, 15) is 14.7 Å². The van der Waals surface area contributed by atoms with Crippen LogP contribution in [0.3, 0.4) is 0 Å². The number of rotatable bonds is 10. The van der Waals surface area contributed by atoms with Gasteiger partial charge in [0.05, 0.1) is 13.1 Å². The lowest BCUT2D eigenvalue weighted by atomic mass is 10.1. The molecule has 3 amide bonds. The third-order valence-electron chi connectivity index (χ3n) is 5.73. The zero-order chi connectivity index (χ0) is 23.3. The topological polar surface area (TPSA) is 101 Å². The van der Waals surface area contributed by atoms with Gasteiger partial charge in [0.1, 0.15) is 18.5 Å². The molecule has 0 radical (unpaired) electrons. The maximum absolute atomic E-state index is 12.9. The Hall–Kier alpha value is -2.98. The number of aliphatic imine (C=N–C) groups is 1. The first-order chi connectivity index (χ1) is 15.4. The Kier molecular flexibility index (Phi) is 7.81. The number of amidine groups is 1. The average Bonchev–Trinajstić information content (AvgIpc) is 3.16. The molecule has 3 rings (SSSR count). The molecule has 2 atom stereocenters. The molecule has 0 aliphatic carbocycles. The summed E-state index contributed by atoms with van der Waals surface area (Å²) in [5, 5.41) is 14.0. The molecule has 0 bridgehead atoms. The number of hydrogen-bond donors (Lipinski definition) is 2. The van der Waals surface area contributed by atoms with Crippen LogP contribution < -0.4 is 10.1 Å². The molecule has 2 aliphatic rings. The van der Waals surface area contributed by atoms with Crippen LogP contribution in [0, 0.1) is 0 Å². The summed E-state index contributed by atoms with van der Waals surface area (Å²) >= 11 is 0. The molecule has 0 saturated carbocycles. The summed E-state index contributed by atoms with van der Waals surface area (Å²) in [6.07, 6.45) is -0.870. The van der Waals surface area contributed by atoms with E-state index < -0.39 is 18.2 Å². The Balaban J connectivity index is 1.76. The lowest BCUT2D eigenvalue weighted by molar-refractivity contribution is -0.545. The smallest absolute Gasteiger partial charge is 0.390 e. The molecular formula is C22H33N6O4+. The molecule has 10 nitrogen and oxygen atoms in total. The van der Waals surface area contributed by atoms with Gasteiger partial charge in [-0.25, -0.2) is 9.37 Å². The minimum Gasteiger partial charge on any atom is -0.491 e. The van der Waals surface area contributed by atoms with Crippen molar-refractivity contribution in [3.63, 3.8) is 0 Å². The van der Waals surface area contributed by atoms with Gasteiger partial charge in [-0.15, -0.1) is 0 Å². The monoisotopic (exact) mass is 445 g/mol. The molecule has 1 aromatic rings. The van der Waals surface area contributed by atoms with E-state index in [1.54, 1.807) is 11.6 Å². The maximum atomic E-state index is 12.9. The number of benzene rings is 1. The zero-order valence-electron chi connectivity index (χ0n) is 19.2. The summed E-state index contributed by atoms with van der Waals surface area (Å²) in [4.78, 5) is 34.6. The average molecular weight is 446 g/mol. The number of hydrogen-bond acceptors (Lipinski definition) is 7. The summed E-state index contributed by atoms with van der Waals surface area (Å²) in [7, 11) is 3.06. The fraction of sp³-hybridized carbons (Fsp3) is 0.545. The number of urea groups is 1. The minimum atomic E-state index is -0.870. The van der Waals surface area contributed by atoms with Crippen LogP contribution in [0.25, 0.3) is 0 Å². The third-order valence-corrected chi connectivity index (χ3v) is 5.73. The highest BCUT2D eigenvalue weighted by Crippen LogP contribution is 2.19. The number of amides is 3. The first kappa shape index (κ1) is 23.7. The predicted octanol–water partition coefficient (Wildman–Crippen LogP) is 0.0307. The highest BCUT2D eigenvalue weighted by atomic mass is 16.5. The number of aliphatic hydroxyl groups is 1. The highest BCUT2D eigenvalue weighted by Gasteiger charge is 2.51. The summed E-state index contributed by atoms with van der Waals surface area (Å²) < 4.78 is 7.39. The summed E-state index contributed by atoms with van der Waals surface area (Å²) in [6.45, 7) is 7.69. The second-order valence-corrected chi connectivity index (χ2v) is 7.82. The van der Waals surface area contributed by atoms with Crippen molar-refractivity contribution in [1.82, 2.24) is 20.0 Å². The van der Waals surface area contributed by atoms with Crippen molar-refractivity contribution < 1.29 is 24.0 Å². The van der Waals surface area contributed by atoms with Crippen molar-refractivity contribution in [1.29, 1.82) is 0 Å². The first-order valence-corrected chi connectivity index (χ1v) is 11.0. The number of aliphatic hydroxyl groups excluding tert-OH is 1. The fourth-order valence-electron chi connectivity index (χ4n) is 3.79. The summed E-state index contributed by atoms with van der Waals surface area (Å²) in [5.41, 5.74) is 0. The molecule has 0 spiro atoms. The summed E-state index contributed by atoms with van der Waals surface area (Å²) in [6, 6.07) is 8.04. The number of nitrogens with zero attached hydrogens (tertiary/aromatic N) is 5. The van der Waals surface area contributed by atoms with Crippen LogP contribution in [-0.2, 0) is 4.79 Å². The van der Waals surface area contributed by atoms with Gasteiger partial charge in [-0.2, -0.15) is 0 Å². The van der Waals surface area contributed by atoms with Gasteiger partial charge in [-0.05, 0) is 25.2 Å². The second kappa shape index (κ2) is 10.6. The third kappa shape index (κ3) is 5.08. The number of carbonyl (C=O) groups is 2. The van der Waals surface area contributed by atoms with E-state index in [1.807, 2.05) is 30.3 Å². The Morgan fingerprint density at radius 2 is 1.88 bits per heavy atom. The van der Waals surface area contributed by atoms with Gasteiger partial charge in [-0.3, -0.25) is 19.9 Å². The van der Waals surface area contributed by atoms with E-state index in [4.69, 9.17) is 4.74 Å². The van der Waals surface area contributed by atoms with Gasteiger partial charge in [0.25, 0.3) is 5.91 Å². The molecule has 2 N–H and O–H groups in total. The molecule has 2 aliphatic heterocycles. The van der Waals surface area contributed by atoms with Crippen LogP contribution in [0.5, 0.6) is 5.75 Å². The van der Waals surface area contributed by atoms with Crippen LogP contribution in [0.2, 0.25) is 0 Å². The largest absolute Gasteiger partial charge is 0.491 e. The molecule has 1 aromatic carbocycles. The van der Waals surface area contributed by atoms with E-state index in [0.29, 0.717) is 24.1 Å². The second-order valence-electron chi connectivity index (χ2n) is 7.82. The van der Waals surface area contributed by atoms with Crippen LogP contribution in [0.4, 0.5) is 4.79 Å².